The first-order valence-corrected chi connectivity index (χ1v) is 6.54. The molecule has 2 rings (SSSR count). The molecule has 0 heterocycles. The van der Waals surface area contributed by atoms with E-state index in [1.54, 1.807) is 18.2 Å². The molecule has 1 N–H and O–H groups in total. The van der Waals surface area contributed by atoms with Crippen molar-refractivity contribution in [3.05, 3.63) is 34.9 Å². The van der Waals surface area contributed by atoms with Crippen molar-refractivity contribution < 1.29 is 4.79 Å². The van der Waals surface area contributed by atoms with Crippen LogP contribution in [0.2, 0.25) is 5.02 Å². The van der Waals surface area contributed by atoms with Crippen molar-refractivity contribution in [2.45, 2.75) is 31.7 Å². The number of hydrogen-bond donors (Lipinski definition) is 1. The number of hydrogen-bond acceptors (Lipinski definition) is 2. The Morgan fingerprint density at radius 2 is 2.06 bits per heavy atom. The first-order chi connectivity index (χ1) is 8.72. The zero-order valence-corrected chi connectivity index (χ0v) is 10.8. The lowest BCUT2D eigenvalue weighted by Crippen LogP contribution is -2.32. The van der Waals surface area contributed by atoms with Gasteiger partial charge in [-0.1, -0.05) is 42.6 Å². The van der Waals surface area contributed by atoms with Crippen LogP contribution in [0.4, 0.5) is 0 Å². The smallest absolute Gasteiger partial charge is 0.224 e. The number of rotatable bonds is 3. The molecule has 3 nitrogen and oxygen atoms in total. The SMILES string of the molecule is N#CC(NC(=O)C1CCCC1)c1ccccc1Cl. The maximum absolute atomic E-state index is 12.0. The van der Waals surface area contributed by atoms with Gasteiger partial charge < -0.3 is 5.32 Å². The van der Waals surface area contributed by atoms with Gasteiger partial charge in [-0.2, -0.15) is 5.26 Å². The van der Waals surface area contributed by atoms with Crippen LogP contribution in [0.1, 0.15) is 37.3 Å². The van der Waals surface area contributed by atoms with E-state index in [9.17, 15) is 10.1 Å². The first-order valence-electron chi connectivity index (χ1n) is 6.17. The fourth-order valence-corrected chi connectivity index (χ4v) is 2.58. The topological polar surface area (TPSA) is 52.9 Å². The van der Waals surface area contributed by atoms with Gasteiger partial charge in [0, 0.05) is 16.5 Å². The molecule has 1 saturated carbocycles. The molecule has 1 aromatic rings. The minimum absolute atomic E-state index is 0.0287. The minimum atomic E-state index is -0.660. The number of benzene rings is 1. The average molecular weight is 263 g/mol. The number of amides is 1. The number of halogens is 1. The van der Waals surface area contributed by atoms with Crippen LogP contribution in [0.25, 0.3) is 0 Å². The van der Waals surface area contributed by atoms with Crippen molar-refractivity contribution in [2.75, 3.05) is 0 Å². The van der Waals surface area contributed by atoms with E-state index < -0.39 is 6.04 Å². The summed E-state index contributed by atoms with van der Waals surface area (Å²) in [5, 5.41) is 12.5. The third kappa shape index (κ3) is 2.83. The van der Waals surface area contributed by atoms with E-state index in [-0.39, 0.29) is 11.8 Å². The highest BCUT2D eigenvalue weighted by atomic mass is 35.5. The lowest BCUT2D eigenvalue weighted by Gasteiger charge is -2.16. The number of carbonyl (C=O) groups excluding carboxylic acids is 1. The van der Waals surface area contributed by atoms with Crippen molar-refractivity contribution in [1.82, 2.24) is 5.32 Å². The van der Waals surface area contributed by atoms with Crippen LogP contribution in [0, 0.1) is 17.2 Å². The van der Waals surface area contributed by atoms with Gasteiger partial charge >= 0.3 is 0 Å². The van der Waals surface area contributed by atoms with Crippen molar-refractivity contribution >= 4 is 17.5 Å². The summed E-state index contributed by atoms with van der Waals surface area (Å²) in [6.45, 7) is 0. The van der Waals surface area contributed by atoms with E-state index in [0.29, 0.717) is 10.6 Å². The molecule has 94 valence electrons. The Morgan fingerprint density at radius 1 is 1.39 bits per heavy atom. The molecule has 0 aliphatic heterocycles. The molecule has 0 spiro atoms. The largest absolute Gasteiger partial charge is 0.336 e. The maximum atomic E-state index is 12.0. The Bertz CT molecular complexity index is 475. The van der Waals surface area contributed by atoms with Crippen LogP contribution in [0.5, 0.6) is 0 Å². The molecule has 1 atom stereocenters. The predicted molar refractivity (Wildman–Crippen MR) is 69.9 cm³/mol. The highest BCUT2D eigenvalue weighted by Crippen LogP contribution is 2.27. The molecule has 1 aromatic carbocycles. The highest BCUT2D eigenvalue weighted by Gasteiger charge is 2.25. The summed E-state index contributed by atoms with van der Waals surface area (Å²) >= 11 is 6.04. The fourth-order valence-electron chi connectivity index (χ4n) is 2.34. The lowest BCUT2D eigenvalue weighted by molar-refractivity contribution is -0.125. The molecule has 0 aromatic heterocycles. The highest BCUT2D eigenvalue weighted by molar-refractivity contribution is 6.31. The van der Waals surface area contributed by atoms with E-state index in [4.69, 9.17) is 11.6 Å². The van der Waals surface area contributed by atoms with Crippen LogP contribution in [-0.4, -0.2) is 5.91 Å². The van der Waals surface area contributed by atoms with Gasteiger partial charge in [0.1, 0.15) is 6.04 Å². The second kappa shape index (κ2) is 5.88. The third-order valence-corrected chi connectivity index (χ3v) is 3.70. The Labute approximate surface area is 112 Å². The lowest BCUT2D eigenvalue weighted by atomic mass is 10.0. The van der Waals surface area contributed by atoms with Gasteiger partial charge in [0.15, 0.2) is 0 Å². The molecule has 1 aliphatic rings. The van der Waals surface area contributed by atoms with E-state index in [2.05, 4.69) is 11.4 Å². The van der Waals surface area contributed by atoms with Gasteiger partial charge in [-0.25, -0.2) is 0 Å². The summed E-state index contributed by atoms with van der Waals surface area (Å²) in [5.41, 5.74) is 0.660. The van der Waals surface area contributed by atoms with E-state index >= 15 is 0 Å². The predicted octanol–water partition coefficient (Wildman–Crippen LogP) is 3.21. The zero-order chi connectivity index (χ0) is 13.0. The monoisotopic (exact) mass is 262 g/mol. The third-order valence-electron chi connectivity index (χ3n) is 3.36. The Balaban J connectivity index is 2.08. The molecular formula is C14H15ClN2O. The second-order valence-electron chi connectivity index (χ2n) is 4.57. The first kappa shape index (κ1) is 12.9. The fraction of sp³-hybridized carbons (Fsp3) is 0.429. The molecule has 0 bridgehead atoms. The van der Waals surface area contributed by atoms with Gasteiger partial charge in [-0.3, -0.25) is 4.79 Å². The van der Waals surface area contributed by atoms with E-state index in [0.717, 1.165) is 25.7 Å². The number of nitriles is 1. The van der Waals surface area contributed by atoms with Gasteiger partial charge in [-0.15, -0.1) is 0 Å². The maximum Gasteiger partial charge on any atom is 0.224 e. The van der Waals surface area contributed by atoms with Crippen molar-refractivity contribution in [3.63, 3.8) is 0 Å². The minimum Gasteiger partial charge on any atom is -0.336 e. The summed E-state index contributed by atoms with van der Waals surface area (Å²) in [5.74, 6) is 0.0299. The summed E-state index contributed by atoms with van der Waals surface area (Å²) in [4.78, 5) is 12.0. The van der Waals surface area contributed by atoms with Crippen molar-refractivity contribution in [3.8, 4) is 6.07 Å². The Kier molecular flexibility index (Phi) is 4.22. The number of carbonyl (C=O) groups is 1. The summed E-state index contributed by atoms with van der Waals surface area (Å²) in [6, 6.07) is 8.55. The summed E-state index contributed by atoms with van der Waals surface area (Å²) in [6.07, 6.45) is 4.04. The zero-order valence-electron chi connectivity index (χ0n) is 10.0. The summed E-state index contributed by atoms with van der Waals surface area (Å²) < 4.78 is 0. The van der Waals surface area contributed by atoms with Gasteiger partial charge in [-0.05, 0) is 18.9 Å². The molecule has 1 amide bonds. The van der Waals surface area contributed by atoms with Gasteiger partial charge in [0.2, 0.25) is 5.91 Å². The number of nitrogens with zero attached hydrogens (tertiary/aromatic N) is 1. The van der Waals surface area contributed by atoms with Crippen LogP contribution in [-0.2, 0) is 4.79 Å². The number of nitrogens with one attached hydrogen (secondary N) is 1. The van der Waals surface area contributed by atoms with Crippen LogP contribution in [0.3, 0.4) is 0 Å². The molecule has 4 heteroatoms. The van der Waals surface area contributed by atoms with Crippen LogP contribution in [0.15, 0.2) is 24.3 Å². The van der Waals surface area contributed by atoms with Crippen molar-refractivity contribution in [2.24, 2.45) is 5.92 Å². The molecule has 1 fully saturated rings. The molecule has 0 radical (unpaired) electrons. The van der Waals surface area contributed by atoms with E-state index in [1.807, 2.05) is 6.07 Å². The normalized spacial score (nSPS) is 17.1. The van der Waals surface area contributed by atoms with Gasteiger partial charge in [0.25, 0.3) is 0 Å². The summed E-state index contributed by atoms with van der Waals surface area (Å²) in [7, 11) is 0. The quantitative estimate of drug-likeness (QED) is 0.909. The molecule has 0 saturated heterocycles. The molecule has 1 aliphatic carbocycles. The molecule has 18 heavy (non-hydrogen) atoms. The van der Waals surface area contributed by atoms with Crippen LogP contribution >= 0.6 is 11.6 Å². The van der Waals surface area contributed by atoms with Gasteiger partial charge in [0.05, 0.1) is 6.07 Å². The standard InChI is InChI=1S/C14H15ClN2O/c15-12-8-4-3-7-11(12)13(9-16)17-14(18)10-5-1-2-6-10/h3-4,7-8,10,13H,1-2,5-6H2,(H,17,18). The Morgan fingerprint density at radius 3 is 2.67 bits per heavy atom. The van der Waals surface area contributed by atoms with Crippen LogP contribution < -0.4 is 5.32 Å². The van der Waals surface area contributed by atoms with Crippen molar-refractivity contribution in [1.29, 1.82) is 5.26 Å². The second-order valence-corrected chi connectivity index (χ2v) is 4.98. The average Bonchev–Trinajstić information content (AvgIpc) is 2.90. The molecule has 1 unspecified atom stereocenters. The Hall–Kier alpha value is -1.53. The molecular weight excluding hydrogens is 248 g/mol. The van der Waals surface area contributed by atoms with E-state index in [1.165, 1.54) is 0 Å².